The van der Waals surface area contributed by atoms with Gasteiger partial charge in [-0.1, -0.05) is 18.2 Å². The number of aromatic nitrogens is 4. The zero-order chi connectivity index (χ0) is 24.4. The lowest BCUT2D eigenvalue weighted by Crippen LogP contribution is -2.35. The molecule has 9 heteroatoms. The van der Waals surface area contributed by atoms with Crippen molar-refractivity contribution >= 4 is 45.7 Å². The Morgan fingerprint density at radius 1 is 1.17 bits per heavy atom. The average molecular weight is 493 g/mol. The fraction of sp³-hybridized carbons (Fsp3) is 0.423. The Bertz CT molecular complexity index is 1390. The molecule has 1 aliphatic rings. The lowest BCUT2D eigenvalue weighted by atomic mass is 9.97. The van der Waals surface area contributed by atoms with Crippen LogP contribution in [-0.2, 0) is 13.1 Å². The maximum absolute atomic E-state index is 9.50. The highest BCUT2D eigenvalue weighted by atomic mass is 32.1. The third-order valence-electron chi connectivity index (χ3n) is 6.81. The van der Waals surface area contributed by atoms with Crippen LogP contribution in [0.25, 0.3) is 21.9 Å². The van der Waals surface area contributed by atoms with E-state index in [4.69, 9.17) is 21.9 Å². The van der Waals surface area contributed by atoms with E-state index in [9.17, 15) is 5.11 Å². The van der Waals surface area contributed by atoms with Crippen molar-refractivity contribution in [2.75, 3.05) is 36.5 Å². The molecule has 35 heavy (non-hydrogen) atoms. The molecule has 0 bridgehead atoms. The molecule has 0 amide bonds. The molecule has 8 nitrogen and oxygen atoms in total. The highest BCUT2D eigenvalue weighted by Crippen LogP contribution is 2.30. The average Bonchev–Trinajstić information content (AvgIpc) is 3.20. The van der Waals surface area contributed by atoms with Gasteiger partial charge >= 0.3 is 6.01 Å². The summed E-state index contributed by atoms with van der Waals surface area (Å²) >= 11 is 5.51. The Morgan fingerprint density at radius 3 is 2.71 bits per heavy atom. The number of aryl methyl sites for hydroxylation is 1. The van der Waals surface area contributed by atoms with Gasteiger partial charge < -0.3 is 29.6 Å². The predicted octanol–water partition coefficient (Wildman–Crippen LogP) is 4.88. The first-order valence-electron chi connectivity index (χ1n) is 12.4. The number of H-pyrrole nitrogens is 1. The molecule has 5 rings (SSSR count). The summed E-state index contributed by atoms with van der Waals surface area (Å²) in [6.45, 7) is 8.10. The van der Waals surface area contributed by atoms with Crippen molar-refractivity contribution < 1.29 is 9.84 Å². The van der Waals surface area contributed by atoms with Crippen LogP contribution in [0.5, 0.6) is 6.01 Å². The highest BCUT2D eigenvalue weighted by Gasteiger charge is 2.20. The monoisotopic (exact) mass is 492 g/mol. The van der Waals surface area contributed by atoms with E-state index in [2.05, 4.69) is 68.1 Å². The molecule has 4 aromatic rings. The molecular weight excluding hydrogens is 460 g/mol. The van der Waals surface area contributed by atoms with Gasteiger partial charge in [-0.15, -0.1) is 0 Å². The molecule has 1 saturated heterocycles. The van der Waals surface area contributed by atoms with E-state index in [1.807, 2.05) is 6.92 Å². The summed E-state index contributed by atoms with van der Waals surface area (Å²) in [7, 11) is 0. The number of nitrogens with zero attached hydrogens (tertiary/aromatic N) is 4. The van der Waals surface area contributed by atoms with Gasteiger partial charge in [-0.3, -0.25) is 0 Å². The van der Waals surface area contributed by atoms with Crippen LogP contribution < -0.4 is 15.0 Å². The van der Waals surface area contributed by atoms with E-state index >= 15 is 0 Å². The summed E-state index contributed by atoms with van der Waals surface area (Å²) in [5.41, 5.74) is 5.23. The maximum atomic E-state index is 9.50. The Kier molecular flexibility index (Phi) is 6.88. The fourth-order valence-electron chi connectivity index (χ4n) is 4.91. The number of fused-ring (bicyclic) bond motifs is 2. The van der Waals surface area contributed by atoms with Gasteiger partial charge in [0.2, 0.25) is 0 Å². The number of hydrogen-bond donors (Lipinski definition) is 3. The third kappa shape index (κ3) is 4.70. The van der Waals surface area contributed by atoms with Gasteiger partial charge in [0.05, 0.1) is 23.2 Å². The van der Waals surface area contributed by atoms with Crippen LogP contribution in [-0.4, -0.2) is 50.9 Å². The van der Waals surface area contributed by atoms with E-state index in [1.165, 1.54) is 11.3 Å². The summed E-state index contributed by atoms with van der Waals surface area (Å²) in [6, 6.07) is 13.0. The van der Waals surface area contributed by atoms with Crippen molar-refractivity contribution in [3.05, 3.63) is 46.7 Å². The quantitative estimate of drug-likeness (QED) is 0.302. The number of ether oxygens (including phenoxy) is 1. The number of nitrogens with one attached hydrogen (secondary N) is 2. The number of para-hydroxylation sites is 1. The van der Waals surface area contributed by atoms with Crippen LogP contribution in [0, 0.1) is 10.7 Å². The summed E-state index contributed by atoms with van der Waals surface area (Å²) in [5, 5.41) is 14.0. The highest BCUT2D eigenvalue weighted by molar-refractivity contribution is 7.71. The molecule has 2 aromatic carbocycles. The number of imidazole rings is 1. The van der Waals surface area contributed by atoms with Crippen molar-refractivity contribution in [3.63, 3.8) is 0 Å². The molecule has 2 aromatic heterocycles. The van der Waals surface area contributed by atoms with E-state index in [0.29, 0.717) is 29.9 Å². The first-order valence-corrected chi connectivity index (χ1v) is 12.8. The van der Waals surface area contributed by atoms with Crippen molar-refractivity contribution in [2.24, 2.45) is 5.92 Å². The van der Waals surface area contributed by atoms with Gasteiger partial charge in [-0.2, -0.15) is 9.97 Å². The second-order valence-electron chi connectivity index (χ2n) is 8.94. The molecule has 0 unspecified atom stereocenters. The Balaban J connectivity index is 1.48. The Hall–Kier alpha value is -3.17. The number of aromatic amines is 1. The molecule has 3 N–H and O–H groups in total. The molecule has 0 spiro atoms. The predicted molar refractivity (Wildman–Crippen MR) is 143 cm³/mol. The second kappa shape index (κ2) is 10.2. The number of benzene rings is 2. The molecule has 0 atom stereocenters. The van der Waals surface area contributed by atoms with Crippen molar-refractivity contribution in [2.45, 2.75) is 39.8 Å². The van der Waals surface area contributed by atoms with Crippen LogP contribution in [0.1, 0.15) is 32.3 Å². The minimum Gasteiger partial charge on any atom is -0.464 e. The minimum absolute atomic E-state index is 0.277. The van der Waals surface area contributed by atoms with Gasteiger partial charge in [0, 0.05) is 43.9 Å². The van der Waals surface area contributed by atoms with Crippen LogP contribution in [0.2, 0.25) is 0 Å². The molecule has 0 aliphatic carbocycles. The van der Waals surface area contributed by atoms with E-state index in [1.54, 1.807) is 0 Å². The number of rotatable bonds is 8. The minimum atomic E-state index is 0.277. The SMILES string of the molecule is CCOc1nc(NCc2ccccc2N2CCC(CO)CC2)c2cc3[nH]c(=S)n(CC)c3cc2n1. The maximum Gasteiger partial charge on any atom is 0.318 e. The number of piperidine rings is 1. The third-order valence-corrected chi connectivity index (χ3v) is 7.13. The van der Waals surface area contributed by atoms with Gasteiger partial charge in [0.25, 0.3) is 0 Å². The van der Waals surface area contributed by atoms with Crippen molar-refractivity contribution in [1.29, 1.82) is 0 Å². The summed E-state index contributed by atoms with van der Waals surface area (Å²) in [6.07, 6.45) is 2.03. The topological polar surface area (TPSA) is 91.2 Å². The molecule has 1 fully saturated rings. The lowest BCUT2D eigenvalue weighted by Gasteiger charge is -2.34. The first kappa shape index (κ1) is 23.6. The van der Waals surface area contributed by atoms with Crippen LogP contribution in [0.15, 0.2) is 36.4 Å². The molecule has 184 valence electrons. The summed E-state index contributed by atoms with van der Waals surface area (Å²) in [4.78, 5) is 15.1. The van der Waals surface area contributed by atoms with Gasteiger partial charge in [0.1, 0.15) is 5.82 Å². The Morgan fingerprint density at radius 2 is 1.97 bits per heavy atom. The van der Waals surface area contributed by atoms with E-state index in [0.717, 1.165) is 60.2 Å². The number of aliphatic hydroxyl groups is 1. The fourth-order valence-corrected chi connectivity index (χ4v) is 5.24. The molecular formula is C26H32N6O2S. The summed E-state index contributed by atoms with van der Waals surface area (Å²) in [5.74, 6) is 1.14. The molecule has 0 saturated carbocycles. The van der Waals surface area contributed by atoms with E-state index in [-0.39, 0.29) is 6.61 Å². The van der Waals surface area contributed by atoms with Crippen LogP contribution >= 0.6 is 12.2 Å². The van der Waals surface area contributed by atoms with Crippen molar-refractivity contribution in [1.82, 2.24) is 19.5 Å². The van der Waals surface area contributed by atoms with Gasteiger partial charge in [-0.25, -0.2) is 0 Å². The van der Waals surface area contributed by atoms with Crippen LogP contribution in [0.3, 0.4) is 0 Å². The first-order chi connectivity index (χ1) is 17.1. The van der Waals surface area contributed by atoms with Gasteiger partial charge in [-0.05, 0) is 68.6 Å². The second-order valence-corrected chi connectivity index (χ2v) is 9.33. The van der Waals surface area contributed by atoms with E-state index < -0.39 is 0 Å². The van der Waals surface area contributed by atoms with Gasteiger partial charge in [0.15, 0.2) is 4.77 Å². The number of aliphatic hydroxyl groups excluding tert-OH is 1. The van der Waals surface area contributed by atoms with Crippen LogP contribution in [0.4, 0.5) is 11.5 Å². The zero-order valence-corrected chi connectivity index (χ0v) is 21.1. The largest absolute Gasteiger partial charge is 0.464 e. The zero-order valence-electron chi connectivity index (χ0n) is 20.3. The normalized spacial score (nSPS) is 14.7. The lowest BCUT2D eigenvalue weighted by molar-refractivity contribution is 0.203. The smallest absolute Gasteiger partial charge is 0.318 e. The standard InChI is InChI=1S/C26H32N6O2S/c1-3-32-23-14-20-19(13-21(23)29-26(32)35)24(30-25(28-20)34-4-2)27-15-18-7-5-6-8-22(18)31-11-9-17(16-33)10-12-31/h5-8,13-14,17,33H,3-4,9-12,15-16H2,1-2H3,(H,29,35)(H,27,28,30). The molecule has 0 radical (unpaired) electrons. The number of anilines is 2. The van der Waals surface area contributed by atoms with Crippen molar-refractivity contribution in [3.8, 4) is 6.01 Å². The Labute approximate surface area is 210 Å². The number of hydrogen-bond acceptors (Lipinski definition) is 7. The summed E-state index contributed by atoms with van der Waals surface area (Å²) < 4.78 is 8.46. The molecule has 3 heterocycles. The molecule has 1 aliphatic heterocycles.